The Hall–Kier alpha value is -2.39. The van der Waals surface area contributed by atoms with Gasteiger partial charge in [-0.3, -0.25) is 4.79 Å². The van der Waals surface area contributed by atoms with Crippen LogP contribution in [0.4, 0.5) is 5.69 Å². The second-order valence-electron chi connectivity index (χ2n) is 6.07. The summed E-state index contributed by atoms with van der Waals surface area (Å²) < 4.78 is 8.15. The number of hydrogen-bond acceptors (Lipinski definition) is 6. The molecule has 2 aromatic heterocycles. The van der Waals surface area contributed by atoms with E-state index < -0.39 is 12.0 Å². The molecule has 0 bridgehead atoms. The SMILES string of the molecule is CSc1nc([O-])c2[n+](n1)C(c1ccc(C)o1)N(C(C)=O)c1ccc(Br)cc1-2. The first-order valence-electron chi connectivity index (χ1n) is 8.11. The third-order valence-electron chi connectivity index (χ3n) is 4.31. The van der Waals surface area contributed by atoms with E-state index in [1.54, 1.807) is 29.4 Å². The minimum Gasteiger partial charge on any atom is -0.854 e. The van der Waals surface area contributed by atoms with E-state index >= 15 is 0 Å². The molecule has 1 atom stereocenters. The highest BCUT2D eigenvalue weighted by Crippen LogP contribution is 2.42. The van der Waals surface area contributed by atoms with Crippen molar-refractivity contribution < 1.29 is 19.0 Å². The summed E-state index contributed by atoms with van der Waals surface area (Å²) >= 11 is 4.70. The Morgan fingerprint density at radius 2 is 2.15 bits per heavy atom. The zero-order valence-corrected chi connectivity index (χ0v) is 17.2. The number of carbonyl (C=O) groups is 1. The molecule has 1 aliphatic heterocycles. The molecular weight excluding hydrogens is 432 g/mol. The summed E-state index contributed by atoms with van der Waals surface area (Å²) in [5.41, 5.74) is 1.53. The summed E-state index contributed by atoms with van der Waals surface area (Å²) in [5.74, 6) is 0.643. The highest BCUT2D eigenvalue weighted by molar-refractivity contribution is 9.10. The number of aromatic nitrogens is 3. The normalized spacial score (nSPS) is 15.4. The van der Waals surface area contributed by atoms with Gasteiger partial charge in [-0.05, 0) is 48.2 Å². The molecule has 27 heavy (non-hydrogen) atoms. The van der Waals surface area contributed by atoms with Crippen molar-refractivity contribution in [1.29, 1.82) is 0 Å². The molecule has 0 N–H and O–H groups in total. The Morgan fingerprint density at radius 1 is 1.37 bits per heavy atom. The lowest BCUT2D eigenvalue weighted by molar-refractivity contribution is -0.765. The lowest BCUT2D eigenvalue weighted by Gasteiger charge is -2.31. The Labute approximate surface area is 168 Å². The van der Waals surface area contributed by atoms with Gasteiger partial charge in [0.1, 0.15) is 5.76 Å². The fourth-order valence-corrected chi connectivity index (χ4v) is 3.94. The molecule has 1 aromatic carbocycles. The molecular formula is C18H15BrN4O3S. The van der Waals surface area contributed by atoms with Crippen molar-refractivity contribution >= 4 is 39.3 Å². The Kier molecular flexibility index (Phi) is 4.43. The van der Waals surface area contributed by atoms with E-state index in [1.165, 1.54) is 23.4 Å². The van der Waals surface area contributed by atoms with Gasteiger partial charge in [0.15, 0.2) is 5.76 Å². The number of amides is 1. The number of halogens is 1. The van der Waals surface area contributed by atoms with Crippen molar-refractivity contribution in [2.24, 2.45) is 0 Å². The smallest absolute Gasteiger partial charge is 0.325 e. The van der Waals surface area contributed by atoms with E-state index in [9.17, 15) is 9.90 Å². The summed E-state index contributed by atoms with van der Waals surface area (Å²) in [7, 11) is 0. The van der Waals surface area contributed by atoms with E-state index in [4.69, 9.17) is 4.42 Å². The van der Waals surface area contributed by atoms with Crippen molar-refractivity contribution in [3.63, 3.8) is 0 Å². The molecule has 3 heterocycles. The fourth-order valence-electron chi connectivity index (χ4n) is 3.24. The van der Waals surface area contributed by atoms with Crippen molar-refractivity contribution in [3.8, 4) is 17.1 Å². The summed E-state index contributed by atoms with van der Waals surface area (Å²) in [6.07, 6.45) is 1.09. The minimum absolute atomic E-state index is 0.187. The van der Waals surface area contributed by atoms with Gasteiger partial charge in [-0.2, -0.15) is 0 Å². The topological polar surface area (TPSA) is 86.2 Å². The van der Waals surface area contributed by atoms with Gasteiger partial charge in [0.05, 0.1) is 17.1 Å². The van der Waals surface area contributed by atoms with Crippen LogP contribution in [0.1, 0.15) is 24.6 Å². The monoisotopic (exact) mass is 446 g/mol. The molecule has 1 unspecified atom stereocenters. The van der Waals surface area contributed by atoms with Gasteiger partial charge in [-0.15, -0.1) is 0 Å². The summed E-state index contributed by atoms with van der Waals surface area (Å²) in [6.45, 7) is 3.31. The third-order valence-corrected chi connectivity index (χ3v) is 5.34. The molecule has 0 aliphatic carbocycles. The van der Waals surface area contributed by atoms with Crippen LogP contribution in [0.3, 0.4) is 0 Å². The van der Waals surface area contributed by atoms with Gasteiger partial charge in [0.25, 0.3) is 10.9 Å². The number of nitrogens with zero attached hydrogens (tertiary/aromatic N) is 4. The second kappa shape index (κ2) is 6.65. The van der Waals surface area contributed by atoms with Crippen LogP contribution in [0.5, 0.6) is 5.88 Å². The molecule has 0 spiro atoms. The summed E-state index contributed by atoms with van der Waals surface area (Å²) in [4.78, 5) is 18.3. The van der Waals surface area contributed by atoms with Crippen molar-refractivity contribution in [3.05, 3.63) is 46.3 Å². The lowest BCUT2D eigenvalue weighted by atomic mass is 10.0. The van der Waals surface area contributed by atoms with E-state index in [1.807, 2.05) is 19.1 Å². The van der Waals surface area contributed by atoms with Crippen LogP contribution >= 0.6 is 27.7 Å². The first-order chi connectivity index (χ1) is 12.9. The number of carbonyl (C=O) groups excluding carboxylic acids is 1. The quantitative estimate of drug-likeness (QED) is 0.444. The highest BCUT2D eigenvalue weighted by Gasteiger charge is 2.45. The molecule has 0 fully saturated rings. The van der Waals surface area contributed by atoms with Gasteiger partial charge in [0, 0.05) is 16.5 Å². The Morgan fingerprint density at radius 3 is 2.78 bits per heavy atom. The molecule has 138 valence electrons. The molecule has 9 heteroatoms. The molecule has 1 amide bonds. The maximum absolute atomic E-state index is 12.8. The lowest BCUT2D eigenvalue weighted by Crippen LogP contribution is -2.58. The summed E-state index contributed by atoms with van der Waals surface area (Å²) in [6, 6.07) is 9.04. The van der Waals surface area contributed by atoms with E-state index in [2.05, 4.69) is 26.0 Å². The molecule has 3 aromatic rings. The number of fused-ring (bicyclic) bond motifs is 3. The molecule has 0 radical (unpaired) electrons. The van der Waals surface area contributed by atoms with Crippen LogP contribution < -0.4 is 14.7 Å². The van der Waals surface area contributed by atoms with E-state index in [0.717, 1.165) is 4.47 Å². The van der Waals surface area contributed by atoms with Crippen LogP contribution in [0.15, 0.2) is 44.4 Å². The van der Waals surface area contributed by atoms with Gasteiger partial charge in [-0.1, -0.05) is 27.7 Å². The van der Waals surface area contributed by atoms with Gasteiger partial charge >= 0.3 is 6.17 Å². The zero-order valence-electron chi connectivity index (χ0n) is 14.8. The first kappa shape index (κ1) is 18.0. The molecule has 1 aliphatic rings. The Bertz CT molecular complexity index is 1070. The maximum atomic E-state index is 12.8. The fraction of sp³-hybridized carbons (Fsp3) is 0.222. The van der Waals surface area contributed by atoms with Crippen molar-refractivity contribution in [2.45, 2.75) is 25.2 Å². The van der Waals surface area contributed by atoms with E-state index in [0.29, 0.717) is 33.6 Å². The number of anilines is 1. The second-order valence-corrected chi connectivity index (χ2v) is 7.76. The average molecular weight is 447 g/mol. The molecule has 0 saturated heterocycles. The van der Waals surface area contributed by atoms with Crippen molar-refractivity contribution in [2.75, 3.05) is 11.2 Å². The van der Waals surface area contributed by atoms with Crippen LogP contribution in [0.25, 0.3) is 11.3 Å². The summed E-state index contributed by atoms with van der Waals surface area (Å²) in [5, 5.41) is 17.7. The molecule has 0 saturated carbocycles. The number of benzene rings is 1. The van der Waals surface area contributed by atoms with Crippen LogP contribution in [0, 0.1) is 6.92 Å². The van der Waals surface area contributed by atoms with Gasteiger partial charge < -0.3 is 9.52 Å². The first-order valence-corrected chi connectivity index (χ1v) is 10.1. The number of rotatable bonds is 2. The number of aryl methyl sites for hydroxylation is 1. The number of thioether (sulfide) groups is 1. The van der Waals surface area contributed by atoms with E-state index in [-0.39, 0.29) is 5.91 Å². The zero-order chi connectivity index (χ0) is 19.3. The van der Waals surface area contributed by atoms with Crippen LogP contribution in [0.2, 0.25) is 0 Å². The number of hydrogen-bond donors (Lipinski definition) is 0. The van der Waals surface area contributed by atoms with Gasteiger partial charge in [0.2, 0.25) is 5.91 Å². The largest absolute Gasteiger partial charge is 0.854 e. The Balaban J connectivity index is 2.09. The standard InChI is InChI=1S/C18H15BrN4O3S/c1-9-4-7-14(26-9)17-22(10(2)24)13-6-5-11(19)8-12(13)15-16(25)20-18(27-3)21-23(15)17/h4-8,17H,1-3H3. The minimum atomic E-state index is -0.707. The predicted octanol–water partition coefficient (Wildman–Crippen LogP) is 2.80. The number of furan rings is 1. The third kappa shape index (κ3) is 2.90. The van der Waals surface area contributed by atoms with Gasteiger partial charge in [-0.25, -0.2) is 9.88 Å². The highest BCUT2D eigenvalue weighted by atomic mass is 79.9. The maximum Gasteiger partial charge on any atom is 0.325 e. The molecule has 4 rings (SSSR count). The predicted molar refractivity (Wildman–Crippen MR) is 101 cm³/mol. The van der Waals surface area contributed by atoms with Crippen LogP contribution in [-0.4, -0.2) is 22.2 Å². The average Bonchev–Trinajstić information content (AvgIpc) is 3.05. The van der Waals surface area contributed by atoms with Crippen molar-refractivity contribution in [1.82, 2.24) is 10.1 Å². The van der Waals surface area contributed by atoms with Crippen LogP contribution in [-0.2, 0) is 4.79 Å². The molecule has 7 nitrogen and oxygen atoms in total.